The van der Waals surface area contributed by atoms with Crippen LogP contribution >= 0.6 is 0 Å². The topological polar surface area (TPSA) is 94.4 Å². The van der Waals surface area contributed by atoms with Crippen LogP contribution < -0.4 is 0 Å². The molecule has 1 fully saturated rings. The van der Waals surface area contributed by atoms with Crippen LogP contribution in [0.15, 0.2) is 35.4 Å². The Balaban J connectivity index is 1.80. The Bertz CT molecular complexity index is 1250. The Labute approximate surface area is 176 Å². The van der Waals surface area contributed by atoms with Gasteiger partial charge in [-0.05, 0) is 43.7 Å². The Morgan fingerprint density at radius 1 is 1.23 bits per heavy atom. The van der Waals surface area contributed by atoms with Crippen molar-refractivity contribution >= 4 is 15.9 Å². The van der Waals surface area contributed by atoms with Crippen molar-refractivity contribution in [2.75, 3.05) is 19.6 Å². The molecule has 1 saturated heterocycles. The van der Waals surface area contributed by atoms with Crippen LogP contribution in [0, 0.1) is 18.3 Å². The van der Waals surface area contributed by atoms with Crippen LogP contribution in [0.4, 0.5) is 13.2 Å². The Kier molecular flexibility index (Phi) is 4.64. The lowest BCUT2D eigenvalue weighted by atomic mass is 9.90. The molecule has 3 heterocycles. The molecule has 0 aliphatic carbocycles. The van der Waals surface area contributed by atoms with Crippen LogP contribution in [0.2, 0.25) is 0 Å². The predicted octanol–water partition coefficient (Wildman–Crippen LogP) is 2.66. The lowest BCUT2D eigenvalue weighted by Crippen LogP contribution is -2.58. The van der Waals surface area contributed by atoms with E-state index in [1.54, 1.807) is 30.9 Å². The number of halogens is 3. The zero-order valence-electron chi connectivity index (χ0n) is 16.6. The molecule has 1 unspecified atom stereocenters. The second-order valence-electron chi connectivity index (χ2n) is 7.71. The van der Waals surface area contributed by atoms with Crippen LogP contribution in [-0.4, -0.2) is 48.1 Å². The third-order valence-electron chi connectivity index (χ3n) is 5.86. The first-order valence-electron chi connectivity index (χ1n) is 9.31. The number of alkyl halides is 3. The summed E-state index contributed by atoms with van der Waals surface area (Å²) in [6.45, 7) is 3.05. The molecule has 0 spiro atoms. The number of hydrogen-bond donors (Lipinski definition) is 0. The van der Waals surface area contributed by atoms with Gasteiger partial charge in [-0.3, -0.25) is 9.78 Å². The van der Waals surface area contributed by atoms with Crippen molar-refractivity contribution in [1.82, 2.24) is 14.2 Å². The third-order valence-corrected chi connectivity index (χ3v) is 7.77. The van der Waals surface area contributed by atoms with Gasteiger partial charge in [0.1, 0.15) is 0 Å². The molecule has 2 aromatic rings. The van der Waals surface area contributed by atoms with E-state index in [0.29, 0.717) is 22.9 Å². The van der Waals surface area contributed by atoms with E-state index in [1.165, 1.54) is 6.20 Å². The molecule has 7 nitrogen and oxygen atoms in total. The second kappa shape index (κ2) is 6.77. The van der Waals surface area contributed by atoms with Crippen LogP contribution in [0.25, 0.3) is 0 Å². The average molecular weight is 450 g/mol. The number of rotatable bonds is 2. The van der Waals surface area contributed by atoms with Crippen LogP contribution in [0.3, 0.4) is 0 Å². The highest BCUT2D eigenvalue weighted by Crippen LogP contribution is 2.44. The maximum atomic E-state index is 13.6. The molecule has 11 heteroatoms. The summed E-state index contributed by atoms with van der Waals surface area (Å²) in [4.78, 5) is 17.6. The second-order valence-corrected chi connectivity index (χ2v) is 9.62. The van der Waals surface area contributed by atoms with Crippen LogP contribution in [0.5, 0.6) is 0 Å². The van der Waals surface area contributed by atoms with Gasteiger partial charge in [0.05, 0.1) is 38.9 Å². The SMILES string of the molecule is Cc1nccc2c1C(=O)N1CCN(S(=O)(=O)c3ccc(C#N)cc3C(F)(F)F)CC21C. The van der Waals surface area contributed by atoms with Crippen LogP contribution in [-0.2, 0) is 21.7 Å². The first-order valence-corrected chi connectivity index (χ1v) is 10.7. The number of carbonyl (C=O) groups is 1. The van der Waals surface area contributed by atoms with E-state index < -0.39 is 32.2 Å². The quantitative estimate of drug-likeness (QED) is 0.701. The van der Waals surface area contributed by atoms with E-state index in [0.717, 1.165) is 16.4 Å². The van der Waals surface area contributed by atoms with Gasteiger partial charge in [0.15, 0.2) is 0 Å². The highest BCUT2D eigenvalue weighted by Gasteiger charge is 2.52. The minimum Gasteiger partial charge on any atom is -0.326 e. The van der Waals surface area contributed by atoms with Gasteiger partial charge in [-0.25, -0.2) is 8.42 Å². The van der Waals surface area contributed by atoms with Crippen molar-refractivity contribution in [2.24, 2.45) is 0 Å². The van der Waals surface area contributed by atoms with Gasteiger partial charge >= 0.3 is 6.18 Å². The zero-order chi connectivity index (χ0) is 22.8. The summed E-state index contributed by atoms with van der Waals surface area (Å²) in [7, 11) is -4.56. The number of piperazine rings is 1. The largest absolute Gasteiger partial charge is 0.417 e. The summed E-state index contributed by atoms with van der Waals surface area (Å²) in [6.07, 6.45) is -3.44. The number of amides is 1. The molecule has 2 aliphatic rings. The molecule has 2 aliphatic heterocycles. The van der Waals surface area contributed by atoms with Crippen molar-refractivity contribution in [3.8, 4) is 6.07 Å². The first kappa shape index (κ1) is 21.3. The summed E-state index contributed by atoms with van der Waals surface area (Å²) in [5, 5.41) is 8.93. The molecule has 0 radical (unpaired) electrons. The highest BCUT2D eigenvalue weighted by atomic mass is 32.2. The molecule has 0 saturated carbocycles. The number of sulfonamides is 1. The zero-order valence-corrected chi connectivity index (χ0v) is 17.4. The lowest BCUT2D eigenvalue weighted by Gasteiger charge is -2.44. The Morgan fingerprint density at radius 3 is 2.58 bits per heavy atom. The standard InChI is InChI=1S/C20H17F3N4O3S/c1-12-17-14(5-6-25-12)19(2)11-26(7-8-27(19)18(17)28)31(29,30)16-4-3-13(10-24)9-15(16)20(21,22)23/h3-6,9H,7-8,11H2,1-2H3. The Hall–Kier alpha value is -2.97. The molecule has 1 atom stereocenters. The number of benzene rings is 1. The summed E-state index contributed by atoms with van der Waals surface area (Å²) in [5.74, 6) is -0.269. The van der Waals surface area contributed by atoms with Gasteiger partial charge in [0.25, 0.3) is 5.91 Å². The molecular weight excluding hydrogens is 433 g/mol. The summed E-state index contributed by atoms with van der Waals surface area (Å²) in [6, 6.07) is 5.63. The van der Waals surface area contributed by atoms with Crippen molar-refractivity contribution in [1.29, 1.82) is 5.26 Å². The molecule has 0 N–H and O–H groups in total. The number of hydrogen-bond acceptors (Lipinski definition) is 5. The number of fused-ring (bicyclic) bond motifs is 3. The van der Waals surface area contributed by atoms with E-state index in [9.17, 15) is 26.4 Å². The number of carbonyl (C=O) groups excluding carboxylic acids is 1. The van der Waals surface area contributed by atoms with Gasteiger partial charge in [-0.1, -0.05) is 0 Å². The minimum absolute atomic E-state index is 0.0281. The fraction of sp³-hybridized carbons (Fsp3) is 0.350. The van der Waals surface area contributed by atoms with E-state index in [4.69, 9.17) is 5.26 Å². The van der Waals surface area contributed by atoms with Gasteiger partial charge in [-0.2, -0.15) is 22.7 Å². The number of aromatic nitrogens is 1. The smallest absolute Gasteiger partial charge is 0.326 e. The van der Waals surface area contributed by atoms with Crippen molar-refractivity contribution in [2.45, 2.75) is 30.5 Å². The van der Waals surface area contributed by atoms with Crippen molar-refractivity contribution < 1.29 is 26.4 Å². The third kappa shape index (κ3) is 3.09. The minimum atomic E-state index is -4.96. The van der Waals surface area contributed by atoms with E-state index in [2.05, 4.69) is 4.98 Å². The van der Waals surface area contributed by atoms with Crippen molar-refractivity contribution in [3.63, 3.8) is 0 Å². The average Bonchev–Trinajstić information content (AvgIpc) is 2.94. The number of nitrogens with zero attached hydrogens (tertiary/aromatic N) is 4. The molecule has 162 valence electrons. The fourth-order valence-corrected chi connectivity index (χ4v) is 6.05. The maximum Gasteiger partial charge on any atom is 0.417 e. The monoisotopic (exact) mass is 450 g/mol. The lowest BCUT2D eigenvalue weighted by molar-refractivity contribution is -0.140. The van der Waals surface area contributed by atoms with E-state index >= 15 is 0 Å². The van der Waals surface area contributed by atoms with E-state index in [-0.39, 0.29) is 31.1 Å². The van der Waals surface area contributed by atoms with Gasteiger partial charge in [0.2, 0.25) is 10.0 Å². The van der Waals surface area contributed by atoms with Gasteiger partial charge in [0, 0.05) is 25.8 Å². The molecule has 1 aromatic heterocycles. The number of pyridine rings is 1. The first-order chi connectivity index (χ1) is 14.4. The van der Waals surface area contributed by atoms with Gasteiger partial charge < -0.3 is 4.90 Å². The summed E-state index contributed by atoms with van der Waals surface area (Å²) < 4.78 is 68.3. The highest BCUT2D eigenvalue weighted by molar-refractivity contribution is 7.89. The van der Waals surface area contributed by atoms with Gasteiger partial charge in [-0.15, -0.1) is 0 Å². The summed E-state index contributed by atoms with van der Waals surface area (Å²) >= 11 is 0. The number of aryl methyl sites for hydroxylation is 1. The van der Waals surface area contributed by atoms with E-state index in [1.807, 2.05) is 0 Å². The fourth-order valence-electron chi connectivity index (χ4n) is 4.33. The molecule has 1 amide bonds. The van der Waals surface area contributed by atoms with Crippen LogP contribution in [0.1, 0.15) is 39.7 Å². The predicted molar refractivity (Wildman–Crippen MR) is 102 cm³/mol. The van der Waals surface area contributed by atoms with Crippen molar-refractivity contribution in [3.05, 3.63) is 58.4 Å². The summed E-state index contributed by atoms with van der Waals surface area (Å²) in [5.41, 5.74) is -1.20. The normalized spacial score (nSPS) is 21.5. The molecule has 1 aromatic carbocycles. The molecule has 4 rings (SSSR count). The maximum absolute atomic E-state index is 13.6. The molecule has 31 heavy (non-hydrogen) atoms. The molecular formula is C20H17F3N4O3S. The molecule has 0 bridgehead atoms. The number of nitriles is 1. The Morgan fingerprint density at radius 2 is 1.94 bits per heavy atom.